The summed E-state index contributed by atoms with van der Waals surface area (Å²) in [5.74, 6) is -0.397. The fraction of sp³-hybridized carbons (Fsp3) is 0.100. The number of nitrogens with one attached hydrogen (secondary N) is 1. The number of nitrogens with zero attached hydrogens (tertiary/aromatic N) is 3. The molecule has 0 unspecified atom stereocenters. The Balaban J connectivity index is 3.05. The van der Waals surface area contributed by atoms with E-state index in [2.05, 4.69) is 10.5 Å². The van der Waals surface area contributed by atoms with Crippen molar-refractivity contribution in [3.8, 4) is 12.1 Å². The molecule has 1 rings (SSSR count). The lowest BCUT2D eigenvalue weighted by Crippen LogP contribution is -1.99. The van der Waals surface area contributed by atoms with E-state index >= 15 is 0 Å². The molecule has 0 radical (unpaired) electrons. The minimum absolute atomic E-state index is 0.308. The monoisotopic (exact) mass is 328 g/mol. The third-order valence-corrected chi connectivity index (χ3v) is 3.15. The van der Waals surface area contributed by atoms with Crippen molar-refractivity contribution in [3.05, 3.63) is 27.1 Å². The maximum Gasteiger partial charge on any atom is 0.237 e. The van der Waals surface area contributed by atoms with Gasteiger partial charge in [-0.1, -0.05) is 0 Å². The van der Waals surface area contributed by atoms with Crippen LogP contribution in [0.2, 0.25) is 0 Å². The zero-order chi connectivity index (χ0) is 12.1. The van der Waals surface area contributed by atoms with Gasteiger partial charge in [-0.2, -0.15) is 15.6 Å². The Hall–Kier alpha value is -1.67. The van der Waals surface area contributed by atoms with Crippen LogP contribution in [0.1, 0.15) is 5.56 Å². The van der Waals surface area contributed by atoms with Crippen LogP contribution in [-0.4, -0.2) is 5.71 Å². The molecule has 0 aromatic heterocycles. The molecule has 0 bridgehead atoms. The number of hydrogen-bond donors (Lipinski definition) is 1. The van der Waals surface area contributed by atoms with E-state index in [0.29, 0.717) is 5.69 Å². The molecule has 0 saturated heterocycles. The van der Waals surface area contributed by atoms with Gasteiger partial charge in [0, 0.05) is 3.57 Å². The van der Waals surface area contributed by atoms with Crippen molar-refractivity contribution in [2.45, 2.75) is 6.92 Å². The van der Waals surface area contributed by atoms with Crippen LogP contribution in [0.15, 0.2) is 17.2 Å². The maximum atomic E-state index is 13.1. The predicted octanol–water partition coefficient (Wildman–Crippen LogP) is 2.55. The van der Waals surface area contributed by atoms with Crippen LogP contribution >= 0.6 is 22.6 Å². The van der Waals surface area contributed by atoms with E-state index in [1.165, 1.54) is 12.1 Å². The van der Waals surface area contributed by atoms with Crippen molar-refractivity contribution in [1.82, 2.24) is 0 Å². The van der Waals surface area contributed by atoms with E-state index < -0.39 is 5.82 Å². The molecule has 80 valence electrons. The van der Waals surface area contributed by atoms with Gasteiger partial charge < -0.3 is 0 Å². The number of hydrazone groups is 1. The lowest BCUT2D eigenvalue weighted by Gasteiger charge is -2.06. The van der Waals surface area contributed by atoms with Crippen LogP contribution in [0.3, 0.4) is 0 Å². The Morgan fingerprint density at radius 1 is 1.44 bits per heavy atom. The van der Waals surface area contributed by atoms with Gasteiger partial charge in [0.1, 0.15) is 18.0 Å². The number of nitriles is 2. The summed E-state index contributed by atoms with van der Waals surface area (Å²) >= 11 is 2.03. The van der Waals surface area contributed by atoms with E-state index in [9.17, 15) is 4.39 Å². The largest absolute Gasteiger partial charge is 0.275 e. The van der Waals surface area contributed by atoms with Crippen LogP contribution in [0, 0.1) is 39.0 Å². The Bertz CT molecular complexity index is 509. The van der Waals surface area contributed by atoms with E-state index in [0.717, 1.165) is 9.13 Å². The van der Waals surface area contributed by atoms with Crippen LogP contribution in [0.4, 0.5) is 10.1 Å². The summed E-state index contributed by atoms with van der Waals surface area (Å²) in [4.78, 5) is 0. The van der Waals surface area contributed by atoms with Crippen LogP contribution in [-0.2, 0) is 0 Å². The summed E-state index contributed by atoms with van der Waals surface area (Å²) in [7, 11) is 0. The first-order valence-electron chi connectivity index (χ1n) is 4.18. The lowest BCUT2D eigenvalue weighted by molar-refractivity contribution is 0.626. The molecule has 16 heavy (non-hydrogen) atoms. The third-order valence-electron chi connectivity index (χ3n) is 1.72. The summed E-state index contributed by atoms with van der Waals surface area (Å²) in [6.07, 6.45) is 0. The van der Waals surface area contributed by atoms with Crippen LogP contribution in [0.5, 0.6) is 0 Å². The smallest absolute Gasteiger partial charge is 0.237 e. The molecule has 1 N–H and O–H groups in total. The number of anilines is 1. The maximum absolute atomic E-state index is 13.1. The molecule has 0 aliphatic rings. The molecule has 0 heterocycles. The van der Waals surface area contributed by atoms with Gasteiger partial charge in [-0.15, -0.1) is 0 Å². The lowest BCUT2D eigenvalue weighted by atomic mass is 10.2. The highest BCUT2D eigenvalue weighted by Gasteiger charge is 2.05. The van der Waals surface area contributed by atoms with Gasteiger partial charge >= 0.3 is 0 Å². The summed E-state index contributed by atoms with van der Waals surface area (Å²) < 4.78 is 13.9. The molecular weight excluding hydrogens is 322 g/mol. The Morgan fingerprint density at radius 2 is 2.06 bits per heavy atom. The number of aryl methyl sites for hydroxylation is 1. The van der Waals surface area contributed by atoms with Crippen molar-refractivity contribution >= 4 is 34.0 Å². The zero-order valence-electron chi connectivity index (χ0n) is 8.25. The molecule has 0 aliphatic heterocycles. The molecule has 0 aliphatic carbocycles. The first kappa shape index (κ1) is 12.4. The van der Waals surface area contributed by atoms with Crippen molar-refractivity contribution in [3.63, 3.8) is 0 Å². The van der Waals surface area contributed by atoms with E-state index in [1.54, 1.807) is 19.1 Å². The second-order valence-corrected chi connectivity index (χ2v) is 3.96. The van der Waals surface area contributed by atoms with Crippen molar-refractivity contribution in [2.75, 3.05) is 5.43 Å². The molecule has 4 nitrogen and oxygen atoms in total. The summed E-state index contributed by atoms with van der Waals surface area (Å²) in [6.45, 7) is 1.76. The van der Waals surface area contributed by atoms with Gasteiger partial charge in [0.25, 0.3) is 0 Å². The van der Waals surface area contributed by atoms with Crippen LogP contribution in [0.25, 0.3) is 0 Å². The van der Waals surface area contributed by atoms with Gasteiger partial charge in [-0.25, -0.2) is 4.39 Å². The zero-order valence-corrected chi connectivity index (χ0v) is 10.4. The second-order valence-electron chi connectivity index (χ2n) is 2.88. The topological polar surface area (TPSA) is 72.0 Å². The number of rotatable bonds is 2. The Kier molecular flexibility index (Phi) is 4.20. The summed E-state index contributed by atoms with van der Waals surface area (Å²) in [5, 5.41) is 20.5. The number of halogens is 2. The minimum atomic E-state index is -0.397. The Labute approximate surface area is 106 Å². The fourth-order valence-electron chi connectivity index (χ4n) is 0.998. The SMILES string of the molecule is Cc1cc(F)cc(NN=C(C#N)C#N)c1I. The molecule has 0 saturated carbocycles. The first-order valence-corrected chi connectivity index (χ1v) is 5.26. The average Bonchev–Trinajstić information content (AvgIpc) is 2.26. The normalized spacial score (nSPS) is 8.81. The Morgan fingerprint density at radius 3 is 2.62 bits per heavy atom. The second kappa shape index (κ2) is 5.42. The standard InChI is InChI=1S/C10H6FIN4/c1-6-2-7(11)3-9(10(6)12)16-15-8(4-13)5-14/h2-3,16H,1H3. The summed E-state index contributed by atoms with van der Waals surface area (Å²) in [5.41, 5.74) is 3.37. The number of hydrogen-bond acceptors (Lipinski definition) is 4. The van der Waals surface area contributed by atoms with Crippen LogP contribution < -0.4 is 5.43 Å². The molecule has 1 aromatic carbocycles. The molecule has 6 heteroatoms. The molecule has 0 atom stereocenters. The van der Waals surface area contributed by atoms with E-state index in [1.807, 2.05) is 22.6 Å². The summed E-state index contributed by atoms with van der Waals surface area (Å²) in [6, 6.07) is 5.85. The van der Waals surface area contributed by atoms with Gasteiger partial charge in [0.2, 0.25) is 5.71 Å². The third kappa shape index (κ3) is 2.91. The molecule has 0 spiro atoms. The van der Waals surface area contributed by atoms with Crippen molar-refractivity contribution < 1.29 is 4.39 Å². The van der Waals surface area contributed by atoms with Crippen molar-refractivity contribution in [2.24, 2.45) is 5.10 Å². The predicted molar refractivity (Wildman–Crippen MR) is 66.1 cm³/mol. The van der Waals surface area contributed by atoms with E-state index in [-0.39, 0.29) is 5.71 Å². The molecule has 0 fully saturated rings. The first-order chi connectivity index (χ1) is 7.58. The van der Waals surface area contributed by atoms with Gasteiger partial charge in [-0.3, -0.25) is 5.43 Å². The minimum Gasteiger partial charge on any atom is -0.275 e. The quantitative estimate of drug-likeness (QED) is 0.515. The average molecular weight is 328 g/mol. The highest BCUT2D eigenvalue weighted by Crippen LogP contribution is 2.23. The van der Waals surface area contributed by atoms with Gasteiger partial charge in [0.15, 0.2) is 0 Å². The molecule has 0 amide bonds. The van der Waals surface area contributed by atoms with E-state index in [4.69, 9.17) is 10.5 Å². The van der Waals surface area contributed by atoms with Crippen molar-refractivity contribution in [1.29, 1.82) is 10.5 Å². The fourth-order valence-corrected chi connectivity index (χ4v) is 1.43. The molecular formula is C10H6FIN4. The highest BCUT2D eigenvalue weighted by atomic mass is 127. The van der Waals surface area contributed by atoms with Gasteiger partial charge in [0.05, 0.1) is 5.69 Å². The van der Waals surface area contributed by atoms with Gasteiger partial charge in [-0.05, 0) is 47.2 Å². The number of benzene rings is 1. The molecule has 1 aromatic rings. The highest BCUT2D eigenvalue weighted by molar-refractivity contribution is 14.1.